The molecule has 2 saturated carbocycles. The predicted molar refractivity (Wildman–Crippen MR) is 57.7 cm³/mol. The third-order valence-electron chi connectivity index (χ3n) is 5.21. The molecule has 0 radical (unpaired) electrons. The van der Waals surface area contributed by atoms with Crippen LogP contribution in [0.25, 0.3) is 0 Å². The SMILES string of the molecule is CC[C@]1(C)CCC[C@]2(CCC2C)C1. The molecule has 0 amide bonds. The van der Waals surface area contributed by atoms with E-state index in [1.807, 2.05) is 0 Å². The maximum atomic E-state index is 2.51. The van der Waals surface area contributed by atoms with Gasteiger partial charge in [0, 0.05) is 0 Å². The molecule has 0 aliphatic heterocycles. The van der Waals surface area contributed by atoms with E-state index in [9.17, 15) is 0 Å². The quantitative estimate of drug-likeness (QED) is 0.561. The standard InChI is InChI=1S/C13H24/c1-4-12(3)7-5-8-13(10-12)9-6-11(13)2/h11H,4-10H2,1-3H3/t11?,12-,13+/m1/s1. The van der Waals surface area contributed by atoms with Crippen molar-refractivity contribution in [3.63, 3.8) is 0 Å². The molecule has 2 fully saturated rings. The van der Waals surface area contributed by atoms with Crippen molar-refractivity contribution in [3.8, 4) is 0 Å². The molecule has 0 heterocycles. The van der Waals surface area contributed by atoms with Crippen molar-refractivity contribution in [3.05, 3.63) is 0 Å². The minimum Gasteiger partial charge on any atom is -0.0649 e. The molecule has 13 heavy (non-hydrogen) atoms. The Balaban J connectivity index is 2.07. The molecular formula is C13H24. The highest BCUT2D eigenvalue weighted by Gasteiger charge is 2.49. The highest BCUT2D eigenvalue weighted by Crippen LogP contribution is 2.60. The van der Waals surface area contributed by atoms with Crippen LogP contribution < -0.4 is 0 Å². The molecule has 2 aliphatic carbocycles. The van der Waals surface area contributed by atoms with E-state index in [0.717, 1.165) is 11.3 Å². The lowest BCUT2D eigenvalue weighted by molar-refractivity contribution is -0.0506. The van der Waals surface area contributed by atoms with Crippen LogP contribution in [0.2, 0.25) is 0 Å². The van der Waals surface area contributed by atoms with Gasteiger partial charge in [-0.3, -0.25) is 0 Å². The molecule has 0 N–H and O–H groups in total. The summed E-state index contributed by atoms with van der Waals surface area (Å²) >= 11 is 0. The van der Waals surface area contributed by atoms with Gasteiger partial charge in [0.05, 0.1) is 0 Å². The molecule has 0 aromatic rings. The van der Waals surface area contributed by atoms with Crippen LogP contribution in [0.3, 0.4) is 0 Å². The van der Waals surface area contributed by atoms with Gasteiger partial charge in [-0.25, -0.2) is 0 Å². The lowest BCUT2D eigenvalue weighted by Crippen LogP contribution is -2.45. The number of hydrogen-bond acceptors (Lipinski definition) is 0. The molecule has 0 saturated heterocycles. The Morgan fingerprint density at radius 2 is 2.00 bits per heavy atom. The Morgan fingerprint density at radius 1 is 1.23 bits per heavy atom. The van der Waals surface area contributed by atoms with Gasteiger partial charge >= 0.3 is 0 Å². The topological polar surface area (TPSA) is 0 Å². The van der Waals surface area contributed by atoms with Crippen molar-refractivity contribution in [2.45, 2.75) is 65.7 Å². The van der Waals surface area contributed by atoms with Gasteiger partial charge in [-0.2, -0.15) is 0 Å². The van der Waals surface area contributed by atoms with E-state index in [0.29, 0.717) is 5.41 Å². The van der Waals surface area contributed by atoms with E-state index in [4.69, 9.17) is 0 Å². The number of hydrogen-bond donors (Lipinski definition) is 0. The minimum absolute atomic E-state index is 0.687. The molecule has 2 aliphatic rings. The van der Waals surface area contributed by atoms with Crippen LogP contribution in [0.15, 0.2) is 0 Å². The van der Waals surface area contributed by atoms with Crippen LogP contribution in [-0.4, -0.2) is 0 Å². The molecule has 1 spiro atoms. The fraction of sp³-hybridized carbons (Fsp3) is 1.00. The van der Waals surface area contributed by atoms with Crippen molar-refractivity contribution in [2.75, 3.05) is 0 Å². The van der Waals surface area contributed by atoms with Crippen LogP contribution in [0, 0.1) is 16.7 Å². The van der Waals surface area contributed by atoms with Gasteiger partial charge in [-0.1, -0.05) is 33.6 Å². The van der Waals surface area contributed by atoms with Gasteiger partial charge in [0.15, 0.2) is 0 Å². The summed E-state index contributed by atoms with van der Waals surface area (Å²) in [7, 11) is 0. The maximum absolute atomic E-state index is 2.51. The largest absolute Gasteiger partial charge is 0.0649 e. The smallest absolute Gasteiger partial charge is 0.0267 e. The highest BCUT2D eigenvalue weighted by molar-refractivity contribution is 5.00. The third kappa shape index (κ3) is 1.43. The van der Waals surface area contributed by atoms with Crippen molar-refractivity contribution in [1.29, 1.82) is 0 Å². The maximum Gasteiger partial charge on any atom is -0.0267 e. The summed E-state index contributed by atoms with van der Waals surface area (Å²) in [4.78, 5) is 0. The summed E-state index contributed by atoms with van der Waals surface area (Å²) in [5, 5.41) is 0. The first-order chi connectivity index (χ1) is 6.10. The number of rotatable bonds is 1. The average Bonchev–Trinajstić information content (AvgIpc) is 2.16. The zero-order valence-electron chi connectivity index (χ0n) is 9.53. The second kappa shape index (κ2) is 3.00. The zero-order chi connectivity index (χ0) is 9.53. The van der Waals surface area contributed by atoms with Crippen molar-refractivity contribution in [2.24, 2.45) is 16.7 Å². The van der Waals surface area contributed by atoms with Crippen LogP contribution >= 0.6 is 0 Å². The van der Waals surface area contributed by atoms with E-state index < -0.39 is 0 Å². The zero-order valence-corrected chi connectivity index (χ0v) is 9.53. The Labute approximate surface area is 83.1 Å². The summed E-state index contributed by atoms with van der Waals surface area (Å²) < 4.78 is 0. The highest BCUT2D eigenvalue weighted by atomic mass is 14.5. The average molecular weight is 180 g/mol. The second-order valence-corrected chi connectivity index (χ2v) is 6.00. The molecule has 76 valence electrons. The molecule has 1 unspecified atom stereocenters. The van der Waals surface area contributed by atoms with Crippen LogP contribution in [0.5, 0.6) is 0 Å². The van der Waals surface area contributed by atoms with Crippen molar-refractivity contribution in [1.82, 2.24) is 0 Å². The van der Waals surface area contributed by atoms with E-state index in [1.165, 1.54) is 44.9 Å². The van der Waals surface area contributed by atoms with Gasteiger partial charge < -0.3 is 0 Å². The molecule has 0 aromatic carbocycles. The minimum atomic E-state index is 0.687. The van der Waals surface area contributed by atoms with Gasteiger partial charge in [0.2, 0.25) is 0 Å². The first-order valence-corrected chi connectivity index (χ1v) is 6.10. The Bertz CT molecular complexity index is 196. The summed E-state index contributed by atoms with van der Waals surface area (Å²) in [6, 6.07) is 0. The lowest BCUT2D eigenvalue weighted by Gasteiger charge is -2.56. The van der Waals surface area contributed by atoms with Gasteiger partial charge in [0.25, 0.3) is 0 Å². The molecule has 2 rings (SSSR count). The Morgan fingerprint density at radius 3 is 2.46 bits per heavy atom. The van der Waals surface area contributed by atoms with Crippen LogP contribution in [-0.2, 0) is 0 Å². The summed E-state index contributed by atoms with van der Waals surface area (Å²) in [5.74, 6) is 1.03. The summed E-state index contributed by atoms with van der Waals surface area (Å²) in [5.41, 5.74) is 1.48. The monoisotopic (exact) mass is 180 g/mol. The lowest BCUT2D eigenvalue weighted by atomic mass is 9.49. The first kappa shape index (κ1) is 9.55. The Hall–Kier alpha value is 0. The van der Waals surface area contributed by atoms with E-state index in [-0.39, 0.29) is 0 Å². The summed E-state index contributed by atoms with van der Waals surface area (Å²) in [6.07, 6.45) is 10.5. The Kier molecular flexibility index (Phi) is 2.20. The first-order valence-electron chi connectivity index (χ1n) is 6.10. The predicted octanol–water partition coefficient (Wildman–Crippen LogP) is 4.39. The van der Waals surface area contributed by atoms with Crippen LogP contribution in [0.4, 0.5) is 0 Å². The summed E-state index contributed by atoms with van der Waals surface area (Å²) in [6.45, 7) is 7.37. The van der Waals surface area contributed by atoms with Crippen molar-refractivity contribution >= 4 is 0 Å². The van der Waals surface area contributed by atoms with E-state index >= 15 is 0 Å². The third-order valence-corrected chi connectivity index (χ3v) is 5.21. The van der Waals surface area contributed by atoms with Crippen LogP contribution in [0.1, 0.15) is 65.7 Å². The van der Waals surface area contributed by atoms with Gasteiger partial charge in [0.1, 0.15) is 0 Å². The fourth-order valence-corrected chi connectivity index (χ4v) is 3.67. The second-order valence-electron chi connectivity index (χ2n) is 6.00. The normalized spacial score (nSPS) is 50.5. The van der Waals surface area contributed by atoms with E-state index in [1.54, 1.807) is 0 Å². The molecule has 0 bridgehead atoms. The fourth-order valence-electron chi connectivity index (χ4n) is 3.67. The molecule has 0 aromatic heterocycles. The molecule has 0 heteroatoms. The van der Waals surface area contributed by atoms with Crippen molar-refractivity contribution < 1.29 is 0 Å². The van der Waals surface area contributed by atoms with E-state index in [2.05, 4.69) is 20.8 Å². The van der Waals surface area contributed by atoms with Gasteiger partial charge in [-0.15, -0.1) is 0 Å². The van der Waals surface area contributed by atoms with Gasteiger partial charge in [-0.05, 0) is 48.9 Å². The molecule has 3 atom stereocenters. The molecular weight excluding hydrogens is 156 g/mol. The molecule has 0 nitrogen and oxygen atoms in total.